The predicted molar refractivity (Wildman–Crippen MR) is 99.5 cm³/mol. The Morgan fingerprint density at radius 1 is 1.11 bits per heavy atom. The number of anilines is 2. The highest BCUT2D eigenvalue weighted by Crippen LogP contribution is 2.32. The molecule has 27 heavy (non-hydrogen) atoms. The second-order valence-electron chi connectivity index (χ2n) is 5.94. The minimum absolute atomic E-state index is 0.283. The third kappa shape index (κ3) is 4.08. The zero-order valence-electron chi connectivity index (χ0n) is 14.6. The van der Waals surface area contributed by atoms with Crippen molar-refractivity contribution < 1.29 is 13.2 Å². The molecule has 0 amide bonds. The molecule has 2 heterocycles. The van der Waals surface area contributed by atoms with Crippen molar-refractivity contribution in [2.45, 2.75) is 6.18 Å². The molecule has 0 atom stereocenters. The summed E-state index contributed by atoms with van der Waals surface area (Å²) in [4.78, 5) is 12.1. The molecule has 1 fully saturated rings. The molecule has 0 N–H and O–H groups in total. The highest BCUT2D eigenvalue weighted by molar-refractivity contribution is 6.29. The molecule has 0 radical (unpaired) electrons. The van der Waals surface area contributed by atoms with Crippen LogP contribution < -0.4 is 15.4 Å². The lowest BCUT2D eigenvalue weighted by Gasteiger charge is -2.37. The van der Waals surface area contributed by atoms with Gasteiger partial charge in [-0.15, -0.1) is 0 Å². The van der Waals surface area contributed by atoms with Gasteiger partial charge in [-0.2, -0.15) is 27.9 Å². The molecule has 0 aliphatic carbocycles. The van der Waals surface area contributed by atoms with Gasteiger partial charge in [-0.05, 0) is 18.2 Å². The van der Waals surface area contributed by atoms with Crippen LogP contribution in [0.15, 0.2) is 40.4 Å². The minimum Gasteiger partial charge on any atom is -0.368 e. The summed E-state index contributed by atoms with van der Waals surface area (Å²) in [5.41, 5.74) is 0.232. The summed E-state index contributed by atoms with van der Waals surface area (Å²) in [6, 6.07) is 7.04. The normalized spacial score (nSPS) is 16.0. The maximum Gasteiger partial charge on any atom is 0.416 e. The fraction of sp³-hybridized carbons (Fsp3) is 0.353. The van der Waals surface area contributed by atoms with Crippen molar-refractivity contribution in [1.29, 1.82) is 0 Å². The molecular weight excluding hydrogens is 381 g/mol. The van der Waals surface area contributed by atoms with E-state index in [1.165, 1.54) is 16.8 Å². The Morgan fingerprint density at radius 2 is 1.78 bits per heavy atom. The first kappa shape index (κ1) is 19.2. The topological polar surface area (TPSA) is 49.0 Å². The van der Waals surface area contributed by atoms with Gasteiger partial charge in [-0.25, -0.2) is 0 Å². The number of rotatable bonds is 3. The summed E-state index contributed by atoms with van der Waals surface area (Å²) < 4.78 is 40.3. The van der Waals surface area contributed by atoms with Gasteiger partial charge >= 0.3 is 6.18 Å². The molecule has 0 saturated carbocycles. The van der Waals surface area contributed by atoms with Crippen LogP contribution in [-0.2, 0) is 6.18 Å². The third-order valence-electron chi connectivity index (χ3n) is 4.35. The Hall–Kier alpha value is -2.55. The van der Waals surface area contributed by atoms with Gasteiger partial charge in [0.1, 0.15) is 11.0 Å². The van der Waals surface area contributed by atoms with E-state index in [1.54, 1.807) is 19.2 Å². The van der Waals surface area contributed by atoms with Crippen LogP contribution in [0.4, 0.5) is 24.7 Å². The number of halogens is 4. The van der Waals surface area contributed by atoms with E-state index in [4.69, 9.17) is 11.6 Å². The molecule has 144 valence electrons. The molecule has 0 bridgehead atoms. The molecule has 10 heteroatoms. The van der Waals surface area contributed by atoms with Gasteiger partial charge in [-0.3, -0.25) is 4.99 Å². The van der Waals surface area contributed by atoms with E-state index >= 15 is 0 Å². The lowest BCUT2D eigenvalue weighted by molar-refractivity contribution is -0.137. The van der Waals surface area contributed by atoms with E-state index in [9.17, 15) is 13.2 Å². The first-order valence-electron chi connectivity index (χ1n) is 8.20. The lowest BCUT2D eigenvalue weighted by Crippen LogP contribution is -2.48. The Kier molecular flexibility index (Phi) is 5.41. The van der Waals surface area contributed by atoms with Crippen molar-refractivity contribution >= 4 is 29.8 Å². The van der Waals surface area contributed by atoms with Crippen LogP contribution in [-0.4, -0.2) is 49.6 Å². The average molecular weight is 399 g/mol. The van der Waals surface area contributed by atoms with Gasteiger partial charge in [0.15, 0.2) is 0 Å². The summed E-state index contributed by atoms with van der Waals surface area (Å²) in [6.07, 6.45) is -4.35. The monoisotopic (exact) mass is 398 g/mol. The lowest BCUT2D eigenvalue weighted by atomic mass is 10.1. The number of nitrogens with zero attached hydrogens (tertiary/aromatic N) is 6. The van der Waals surface area contributed by atoms with E-state index in [1.807, 2.05) is 9.80 Å². The summed E-state index contributed by atoms with van der Waals surface area (Å²) in [5.74, 6) is 0.689. The molecule has 1 aliphatic heterocycles. The average Bonchev–Trinajstić information content (AvgIpc) is 2.67. The standard InChI is InChI=1S/C17H18ClF3N6/c1-22-16-24-14(18)11-15(27(16)23-2)26-8-6-25(7-9-26)13-5-3-4-12(10-13)17(19,20)21/h3-5,10-11H,2,6-9H2,1H3. The van der Waals surface area contributed by atoms with E-state index < -0.39 is 11.7 Å². The van der Waals surface area contributed by atoms with Gasteiger partial charge in [0.05, 0.1) is 5.56 Å². The van der Waals surface area contributed by atoms with Gasteiger partial charge < -0.3 is 9.80 Å². The molecule has 3 rings (SSSR count). The molecule has 1 aromatic heterocycles. The maximum atomic E-state index is 12.9. The number of hydrogen-bond donors (Lipinski definition) is 0. The maximum absolute atomic E-state index is 12.9. The molecule has 0 unspecified atom stereocenters. The first-order chi connectivity index (χ1) is 12.8. The van der Waals surface area contributed by atoms with Crippen LogP contribution in [0.5, 0.6) is 0 Å². The number of hydrogen-bond acceptors (Lipinski definition) is 5. The Balaban J connectivity index is 1.81. The summed E-state index contributed by atoms with van der Waals surface area (Å²) >= 11 is 6.07. The molecule has 1 aliphatic rings. The van der Waals surface area contributed by atoms with Crippen LogP contribution in [0.25, 0.3) is 0 Å². The fourth-order valence-electron chi connectivity index (χ4n) is 3.02. The van der Waals surface area contributed by atoms with Crippen molar-refractivity contribution in [2.75, 3.05) is 43.0 Å². The van der Waals surface area contributed by atoms with Crippen LogP contribution in [0.1, 0.15) is 5.56 Å². The van der Waals surface area contributed by atoms with Gasteiger partial charge in [0, 0.05) is 51.7 Å². The number of alkyl halides is 3. The van der Waals surface area contributed by atoms with Crippen molar-refractivity contribution in [2.24, 2.45) is 10.1 Å². The number of benzene rings is 1. The van der Waals surface area contributed by atoms with Gasteiger partial charge in [0.25, 0.3) is 0 Å². The molecular formula is C17H18ClF3N6. The predicted octanol–water partition coefficient (Wildman–Crippen LogP) is 2.88. The smallest absolute Gasteiger partial charge is 0.368 e. The van der Waals surface area contributed by atoms with Gasteiger partial charge in [0.2, 0.25) is 5.62 Å². The molecule has 0 spiro atoms. The van der Waals surface area contributed by atoms with Crippen molar-refractivity contribution in [3.63, 3.8) is 0 Å². The summed E-state index contributed by atoms with van der Waals surface area (Å²) in [5, 5.41) is 4.23. The van der Waals surface area contributed by atoms with Crippen LogP contribution in [0.3, 0.4) is 0 Å². The van der Waals surface area contributed by atoms with Gasteiger partial charge in [-0.1, -0.05) is 17.7 Å². The first-order valence-corrected chi connectivity index (χ1v) is 8.58. The van der Waals surface area contributed by atoms with Crippen molar-refractivity contribution in [3.05, 3.63) is 46.7 Å². The van der Waals surface area contributed by atoms with Crippen LogP contribution in [0.2, 0.25) is 5.15 Å². The second-order valence-corrected chi connectivity index (χ2v) is 6.32. The van der Waals surface area contributed by atoms with E-state index in [0.717, 1.165) is 6.07 Å². The molecule has 1 aromatic carbocycles. The Morgan fingerprint density at radius 3 is 2.37 bits per heavy atom. The minimum atomic E-state index is -4.35. The van der Waals surface area contributed by atoms with E-state index in [2.05, 4.69) is 21.8 Å². The Labute approximate surface area is 159 Å². The quantitative estimate of drug-likeness (QED) is 0.590. The zero-order chi connectivity index (χ0) is 19.6. The number of aromatic nitrogens is 2. The van der Waals surface area contributed by atoms with E-state index in [-0.39, 0.29) is 5.15 Å². The number of piperazine rings is 1. The summed E-state index contributed by atoms with van der Waals surface area (Å²) in [7, 11) is 1.58. The Bertz CT molecular complexity index is 900. The van der Waals surface area contributed by atoms with Crippen LogP contribution >= 0.6 is 11.6 Å². The molecule has 6 nitrogen and oxygen atoms in total. The fourth-order valence-corrected chi connectivity index (χ4v) is 3.20. The second kappa shape index (κ2) is 7.59. The third-order valence-corrected chi connectivity index (χ3v) is 4.54. The SMILES string of the molecule is C=Nn1c(N2CCN(c3cccc(C(F)(F)F)c3)CC2)cc(Cl)nc1=NC. The van der Waals surface area contributed by atoms with E-state index in [0.29, 0.717) is 43.3 Å². The molecule has 1 saturated heterocycles. The van der Waals surface area contributed by atoms with Crippen molar-refractivity contribution in [1.82, 2.24) is 9.66 Å². The zero-order valence-corrected chi connectivity index (χ0v) is 15.4. The van der Waals surface area contributed by atoms with Crippen LogP contribution in [0, 0.1) is 0 Å². The largest absolute Gasteiger partial charge is 0.416 e. The molecule has 2 aromatic rings. The summed E-state index contributed by atoms with van der Waals surface area (Å²) in [6.45, 7) is 5.81. The highest BCUT2D eigenvalue weighted by atomic mass is 35.5. The van der Waals surface area contributed by atoms with Crippen molar-refractivity contribution in [3.8, 4) is 0 Å². The highest BCUT2D eigenvalue weighted by Gasteiger charge is 2.31.